The molecule has 1 saturated heterocycles. The first-order valence-electron chi connectivity index (χ1n) is 13.8. The predicted molar refractivity (Wildman–Crippen MR) is 155 cm³/mol. The van der Waals surface area contributed by atoms with Crippen molar-refractivity contribution in [2.45, 2.75) is 77.0 Å². The molecule has 1 aliphatic heterocycles. The molecule has 3 aromatic rings. The smallest absolute Gasteiger partial charge is 0.417 e. The second-order valence-electron chi connectivity index (χ2n) is 11.5. The predicted octanol–water partition coefficient (Wildman–Crippen LogP) is 5.20. The third-order valence-corrected chi connectivity index (χ3v) is 7.23. The number of aliphatic hydroxyl groups excluding tert-OH is 1. The van der Waals surface area contributed by atoms with Crippen LogP contribution >= 0.6 is 0 Å². The van der Waals surface area contributed by atoms with Gasteiger partial charge in [0, 0.05) is 13.0 Å². The van der Waals surface area contributed by atoms with E-state index in [0.717, 1.165) is 21.6 Å². The van der Waals surface area contributed by atoms with E-state index in [0.29, 0.717) is 5.56 Å². The number of ether oxygens (including phenoxy) is 2. The number of rotatable bonds is 9. The molecule has 3 aromatic carbocycles. The van der Waals surface area contributed by atoms with Gasteiger partial charge in [0.1, 0.15) is 17.2 Å². The van der Waals surface area contributed by atoms with E-state index in [1.54, 1.807) is 38.1 Å². The van der Waals surface area contributed by atoms with Gasteiger partial charge >= 0.3 is 12.1 Å². The standard InChI is InChI=1S/C33H38N2O6/c1-22-28(26-14-10-7-11-15-26)40-31(39)35(22)30(38)33(23(2)36,20-24-12-8-6-9-13-24)34-21-25-16-18-27(19-17-25)29(37)41-32(3,4)5/h6-19,22-23,28,34,36H,20-21H2,1-5H3/t22-,23?,28-,33?/m1/s1. The Morgan fingerprint density at radius 3 is 2.10 bits per heavy atom. The monoisotopic (exact) mass is 558 g/mol. The molecular weight excluding hydrogens is 520 g/mol. The van der Waals surface area contributed by atoms with Gasteiger partial charge in [-0.1, -0.05) is 72.8 Å². The lowest BCUT2D eigenvalue weighted by molar-refractivity contribution is -0.141. The molecule has 0 radical (unpaired) electrons. The third-order valence-electron chi connectivity index (χ3n) is 7.23. The van der Waals surface area contributed by atoms with Crippen molar-refractivity contribution < 1.29 is 29.0 Å². The van der Waals surface area contributed by atoms with E-state index >= 15 is 0 Å². The molecule has 4 rings (SSSR count). The first kappa shape index (κ1) is 30.0. The van der Waals surface area contributed by atoms with Gasteiger partial charge in [-0.05, 0) is 63.4 Å². The summed E-state index contributed by atoms with van der Waals surface area (Å²) in [5.74, 6) is -0.998. The van der Waals surface area contributed by atoms with Crippen LogP contribution in [-0.2, 0) is 27.2 Å². The summed E-state index contributed by atoms with van der Waals surface area (Å²) >= 11 is 0. The number of aliphatic hydroxyl groups is 1. The summed E-state index contributed by atoms with van der Waals surface area (Å²) in [6.07, 6.45) is -2.42. The maximum atomic E-state index is 14.3. The number of esters is 1. The second-order valence-corrected chi connectivity index (χ2v) is 11.5. The van der Waals surface area contributed by atoms with Gasteiger partial charge in [0.25, 0.3) is 5.91 Å². The lowest BCUT2D eigenvalue weighted by Crippen LogP contribution is -2.66. The zero-order valence-electron chi connectivity index (χ0n) is 24.2. The fraction of sp³-hybridized carbons (Fsp3) is 0.364. The van der Waals surface area contributed by atoms with Crippen LogP contribution in [0.25, 0.3) is 0 Å². The number of hydrogen-bond acceptors (Lipinski definition) is 7. The Balaban J connectivity index is 1.62. The molecule has 8 heteroatoms. The molecule has 2 N–H and O–H groups in total. The Kier molecular flexibility index (Phi) is 8.95. The molecule has 216 valence electrons. The van der Waals surface area contributed by atoms with Gasteiger partial charge in [0.2, 0.25) is 0 Å². The minimum atomic E-state index is -1.55. The van der Waals surface area contributed by atoms with Crippen LogP contribution in [0.1, 0.15) is 67.8 Å². The molecular formula is C33H38N2O6. The molecule has 2 unspecified atom stereocenters. The Morgan fingerprint density at radius 1 is 0.951 bits per heavy atom. The highest BCUT2D eigenvalue weighted by Crippen LogP contribution is 2.35. The molecule has 0 aliphatic carbocycles. The van der Waals surface area contributed by atoms with Crippen molar-refractivity contribution in [3.8, 4) is 0 Å². The van der Waals surface area contributed by atoms with E-state index in [9.17, 15) is 19.5 Å². The number of nitrogens with one attached hydrogen (secondary N) is 1. The molecule has 41 heavy (non-hydrogen) atoms. The molecule has 0 spiro atoms. The maximum Gasteiger partial charge on any atom is 0.417 e. The number of hydrogen-bond donors (Lipinski definition) is 2. The fourth-order valence-electron chi connectivity index (χ4n) is 5.00. The topological polar surface area (TPSA) is 105 Å². The van der Waals surface area contributed by atoms with Crippen LogP contribution in [0.15, 0.2) is 84.9 Å². The summed E-state index contributed by atoms with van der Waals surface area (Å²) in [4.78, 5) is 41.0. The zero-order chi connectivity index (χ0) is 29.8. The highest BCUT2D eigenvalue weighted by molar-refractivity contribution is 5.99. The SMILES string of the molecule is CC(O)C(Cc1ccccc1)(NCc1ccc(C(=O)OC(C)(C)C)cc1)C(=O)N1C(=O)O[C@@H](c2ccccc2)[C@H]1C. The van der Waals surface area contributed by atoms with Crippen LogP contribution in [0.3, 0.4) is 0 Å². The van der Waals surface area contributed by atoms with Crippen molar-refractivity contribution in [1.82, 2.24) is 10.2 Å². The van der Waals surface area contributed by atoms with Crippen LogP contribution in [0, 0.1) is 0 Å². The molecule has 1 heterocycles. The molecule has 4 atom stereocenters. The third kappa shape index (κ3) is 6.84. The van der Waals surface area contributed by atoms with E-state index in [1.807, 2.05) is 81.4 Å². The molecule has 0 saturated carbocycles. The first-order chi connectivity index (χ1) is 19.4. The van der Waals surface area contributed by atoms with E-state index < -0.39 is 47.4 Å². The van der Waals surface area contributed by atoms with Crippen LogP contribution in [-0.4, -0.2) is 51.3 Å². The van der Waals surface area contributed by atoms with Crippen molar-refractivity contribution in [1.29, 1.82) is 0 Å². The average molecular weight is 559 g/mol. The minimum absolute atomic E-state index is 0.132. The van der Waals surface area contributed by atoms with Crippen LogP contribution in [0.2, 0.25) is 0 Å². The molecule has 8 nitrogen and oxygen atoms in total. The van der Waals surface area contributed by atoms with E-state index in [1.165, 1.54) is 0 Å². The highest BCUT2D eigenvalue weighted by atomic mass is 16.6. The van der Waals surface area contributed by atoms with Gasteiger partial charge in [-0.2, -0.15) is 0 Å². The number of imide groups is 1. The Labute approximate surface area is 241 Å². The van der Waals surface area contributed by atoms with Crippen molar-refractivity contribution >= 4 is 18.0 Å². The second kappa shape index (κ2) is 12.2. The normalized spacial score (nSPS) is 19.3. The number of carbonyl (C=O) groups is 3. The summed E-state index contributed by atoms with van der Waals surface area (Å²) in [5.41, 5.74) is 0.624. The maximum absolute atomic E-state index is 14.3. The quantitative estimate of drug-likeness (QED) is 0.348. The van der Waals surface area contributed by atoms with Gasteiger partial charge in [0.05, 0.1) is 17.7 Å². The summed E-state index contributed by atoms with van der Waals surface area (Å²) in [7, 11) is 0. The van der Waals surface area contributed by atoms with Crippen LogP contribution in [0.5, 0.6) is 0 Å². The van der Waals surface area contributed by atoms with Crippen molar-refractivity contribution in [3.63, 3.8) is 0 Å². The van der Waals surface area contributed by atoms with Gasteiger partial charge in [-0.25, -0.2) is 14.5 Å². The molecule has 0 aromatic heterocycles. The summed E-state index contributed by atoms with van der Waals surface area (Å²) in [5, 5.41) is 14.5. The van der Waals surface area contributed by atoms with Gasteiger partial charge < -0.3 is 14.6 Å². The molecule has 1 aliphatic rings. The van der Waals surface area contributed by atoms with Crippen LogP contribution < -0.4 is 5.32 Å². The van der Waals surface area contributed by atoms with Gasteiger partial charge in [-0.15, -0.1) is 0 Å². The molecule has 2 amide bonds. The zero-order valence-corrected chi connectivity index (χ0v) is 24.2. The van der Waals surface area contributed by atoms with Crippen molar-refractivity contribution in [3.05, 3.63) is 107 Å². The first-order valence-corrected chi connectivity index (χ1v) is 13.8. The summed E-state index contributed by atoms with van der Waals surface area (Å²) in [6.45, 7) is 8.92. The summed E-state index contributed by atoms with van der Waals surface area (Å²) < 4.78 is 11.1. The van der Waals surface area contributed by atoms with E-state index in [2.05, 4.69) is 5.32 Å². The number of cyclic esters (lactones) is 1. The Morgan fingerprint density at radius 2 is 1.54 bits per heavy atom. The lowest BCUT2D eigenvalue weighted by atomic mass is 9.83. The molecule has 1 fully saturated rings. The Bertz CT molecular complexity index is 1350. The van der Waals surface area contributed by atoms with Crippen LogP contribution in [0.4, 0.5) is 4.79 Å². The molecule has 0 bridgehead atoms. The lowest BCUT2D eigenvalue weighted by Gasteiger charge is -2.39. The van der Waals surface area contributed by atoms with E-state index in [4.69, 9.17) is 9.47 Å². The summed E-state index contributed by atoms with van der Waals surface area (Å²) in [6, 6.07) is 24.9. The van der Waals surface area contributed by atoms with Gasteiger partial charge in [0.15, 0.2) is 0 Å². The number of benzene rings is 3. The highest BCUT2D eigenvalue weighted by Gasteiger charge is 2.53. The van der Waals surface area contributed by atoms with E-state index in [-0.39, 0.29) is 13.0 Å². The number of nitrogens with zero attached hydrogens (tertiary/aromatic N) is 1. The largest absolute Gasteiger partial charge is 0.456 e. The van der Waals surface area contributed by atoms with Crippen molar-refractivity contribution in [2.24, 2.45) is 0 Å². The Hall–Kier alpha value is -4.01. The number of carbonyl (C=O) groups excluding carboxylic acids is 3. The average Bonchev–Trinajstić information content (AvgIpc) is 3.24. The number of amides is 2. The minimum Gasteiger partial charge on any atom is -0.456 e. The van der Waals surface area contributed by atoms with Crippen molar-refractivity contribution in [2.75, 3.05) is 0 Å². The fourth-order valence-corrected chi connectivity index (χ4v) is 5.00. The van der Waals surface area contributed by atoms with Gasteiger partial charge in [-0.3, -0.25) is 10.1 Å².